The van der Waals surface area contributed by atoms with Crippen molar-refractivity contribution in [1.29, 1.82) is 0 Å². The van der Waals surface area contributed by atoms with Crippen LogP contribution in [-0.2, 0) is 20.7 Å². The Labute approximate surface area is 150 Å². The lowest BCUT2D eigenvalue weighted by Gasteiger charge is -2.15. The second-order valence-corrected chi connectivity index (χ2v) is 6.85. The number of H-pyrrole nitrogens is 1. The number of ether oxygens (including phenoxy) is 1. The maximum atomic E-state index is 13.3. The summed E-state index contributed by atoms with van der Waals surface area (Å²) in [5.74, 6) is -1.76. The summed E-state index contributed by atoms with van der Waals surface area (Å²) in [4.78, 5) is 26.6. The average molecular weight is 362 g/mol. The molecule has 3 atom stereocenters. The summed E-state index contributed by atoms with van der Waals surface area (Å²) in [6, 6.07) is 3.26. The number of nitrogens with one attached hydrogen (secondary N) is 2. The van der Waals surface area contributed by atoms with E-state index in [1.54, 1.807) is 12.3 Å². The van der Waals surface area contributed by atoms with E-state index in [2.05, 4.69) is 10.3 Å². The smallest absolute Gasteiger partial charge is 0.326 e. The summed E-state index contributed by atoms with van der Waals surface area (Å²) in [5.41, 5.74) is 1.32. The summed E-state index contributed by atoms with van der Waals surface area (Å²) in [6.07, 6.45) is 4.83. The number of aromatic nitrogens is 1. The van der Waals surface area contributed by atoms with Gasteiger partial charge in [0.25, 0.3) is 0 Å². The molecule has 3 rings (SSSR count). The molecular formula is C19H23FN2O4. The Kier molecular flexibility index (Phi) is 5.56. The molecule has 0 bridgehead atoms. The minimum Gasteiger partial charge on any atom is -0.480 e. The van der Waals surface area contributed by atoms with Gasteiger partial charge in [0.05, 0.1) is 12.2 Å². The second kappa shape index (κ2) is 7.86. The number of hydrogen-bond donors (Lipinski definition) is 3. The van der Waals surface area contributed by atoms with E-state index in [4.69, 9.17) is 4.74 Å². The zero-order chi connectivity index (χ0) is 18.7. The van der Waals surface area contributed by atoms with Gasteiger partial charge in [0.15, 0.2) is 0 Å². The molecule has 3 N–H and O–H groups in total. The zero-order valence-electron chi connectivity index (χ0n) is 14.6. The van der Waals surface area contributed by atoms with Crippen LogP contribution in [0.5, 0.6) is 0 Å². The van der Waals surface area contributed by atoms with E-state index in [0.29, 0.717) is 11.9 Å². The first kappa shape index (κ1) is 18.4. The largest absolute Gasteiger partial charge is 0.480 e. The minimum atomic E-state index is -1.10. The summed E-state index contributed by atoms with van der Waals surface area (Å²) in [7, 11) is 0. The molecule has 1 amide bonds. The van der Waals surface area contributed by atoms with Crippen LogP contribution in [0.2, 0.25) is 0 Å². The van der Waals surface area contributed by atoms with Crippen LogP contribution < -0.4 is 5.32 Å². The fourth-order valence-electron chi connectivity index (χ4n) is 3.40. The highest BCUT2D eigenvalue weighted by Crippen LogP contribution is 2.23. The van der Waals surface area contributed by atoms with Gasteiger partial charge in [0, 0.05) is 29.9 Å². The Morgan fingerprint density at radius 3 is 2.92 bits per heavy atom. The number of halogens is 1. The van der Waals surface area contributed by atoms with E-state index in [-0.39, 0.29) is 36.8 Å². The van der Waals surface area contributed by atoms with E-state index in [1.807, 2.05) is 6.92 Å². The van der Waals surface area contributed by atoms with Crippen molar-refractivity contribution >= 4 is 22.8 Å². The lowest BCUT2D eigenvalue weighted by molar-refractivity contribution is -0.141. The van der Waals surface area contributed by atoms with Crippen molar-refractivity contribution in [3.8, 4) is 0 Å². The first-order valence-corrected chi connectivity index (χ1v) is 8.85. The van der Waals surface area contributed by atoms with Crippen LogP contribution in [0.1, 0.15) is 38.2 Å². The van der Waals surface area contributed by atoms with Gasteiger partial charge in [-0.2, -0.15) is 0 Å². The number of amides is 1. The standard InChI is InChI=1S/C19H23FN2O4/c1-11-2-4-14(26-11)5-7-18(23)22-17(19(24)25)8-12-10-21-16-9-13(20)3-6-15(12)16/h3,6,9-11,14,17,21H,2,4-5,7-8H2,1H3,(H,22,23)(H,24,25). The molecule has 0 aliphatic carbocycles. The van der Waals surface area contributed by atoms with Crippen LogP contribution in [0, 0.1) is 5.82 Å². The number of aliphatic carboxylic acids is 1. The number of carbonyl (C=O) groups excluding carboxylic acids is 1. The van der Waals surface area contributed by atoms with Crippen LogP contribution >= 0.6 is 0 Å². The number of rotatable bonds is 7. The van der Waals surface area contributed by atoms with Gasteiger partial charge in [0.1, 0.15) is 11.9 Å². The first-order valence-electron chi connectivity index (χ1n) is 8.85. The van der Waals surface area contributed by atoms with Gasteiger partial charge in [-0.25, -0.2) is 9.18 Å². The van der Waals surface area contributed by atoms with E-state index in [0.717, 1.165) is 23.8 Å². The van der Waals surface area contributed by atoms with Crippen molar-refractivity contribution in [3.63, 3.8) is 0 Å². The maximum absolute atomic E-state index is 13.3. The highest BCUT2D eigenvalue weighted by atomic mass is 19.1. The van der Waals surface area contributed by atoms with Crippen molar-refractivity contribution in [1.82, 2.24) is 10.3 Å². The van der Waals surface area contributed by atoms with Crippen molar-refractivity contribution in [2.24, 2.45) is 0 Å². The Morgan fingerprint density at radius 1 is 1.42 bits per heavy atom. The van der Waals surface area contributed by atoms with E-state index in [1.165, 1.54) is 12.1 Å². The first-order chi connectivity index (χ1) is 12.4. The highest BCUT2D eigenvalue weighted by Gasteiger charge is 2.25. The fraction of sp³-hybridized carbons (Fsp3) is 0.474. The summed E-state index contributed by atoms with van der Waals surface area (Å²) >= 11 is 0. The summed E-state index contributed by atoms with van der Waals surface area (Å²) in [6.45, 7) is 2.01. The Balaban J connectivity index is 1.59. The number of fused-ring (bicyclic) bond motifs is 1. The molecule has 140 valence electrons. The van der Waals surface area contributed by atoms with Gasteiger partial charge in [-0.1, -0.05) is 0 Å². The van der Waals surface area contributed by atoms with Crippen LogP contribution in [0.4, 0.5) is 4.39 Å². The molecule has 0 spiro atoms. The SMILES string of the molecule is CC1CCC(CCC(=O)NC(Cc2c[nH]c3cc(F)ccc23)C(=O)O)O1. The normalized spacial score (nSPS) is 21.0. The minimum absolute atomic E-state index is 0.0718. The Hall–Kier alpha value is -2.41. The summed E-state index contributed by atoms with van der Waals surface area (Å²) in [5, 5.41) is 12.8. The van der Waals surface area contributed by atoms with E-state index >= 15 is 0 Å². The zero-order valence-corrected chi connectivity index (χ0v) is 14.6. The molecule has 1 aliphatic rings. The maximum Gasteiger partial charge on any atom is 0.326 e. The molecule has 1 aromatic carbocycles. The van der Waals surface area contributed by atoms with Gasteiger partial charge in [0.2, 0.25) is 5.91 Å². The molecule has 0 saturated carbocycles. The van der Waals surface area contributed by atoms with Crippen LogP contribution in [-0.4, -0.2) is 40.2 Å². The molecule has 6 nitrogen and oxygen atoms in total. The number of benzene rings is 1. The van der Waals surface area contributed by atoms with Crippen molar-refractivity contribution in [3.05, 3.63) is 35.8 Å². The number of hydrogen-bond acceptors (Lipinski definition) is 3. The molecule has 0 radical (unpaired) electrons. The van der Waals surface area contributed by atoms with Gasteiger partial charge < -0.3 is 20.1 Å². The van der Waals surface area contributed by atoms with Crippen LogP contribution in [0.3, 0.4) is 0 Å². The van der Waals surface area contributed by atoms with Crippen molar-refractivity contribution in [2.75, 3.05) is 0 Å². The van der Waals surface area contributed by atoms with Crippen molar-refractivity contribution in [2.45, 2.75) is 57.3 Å². The summed E-state index contributed by atoms with van der Waals surface area (Å²) < 4.78 is 18.9. The number of aromatic amines is 1. The molecule has 1 aliphatic heterocycles. The van der Waals surface area contributed by atoms with E-state index < -0.39 is 12.0 Å². The highest BCUT2D eigenvalue weighted by molar-refractivity contribution is 5.86. The monoisotopic (exact) mass is 362 g/mol. The van der Waals surface area contributed by atoms with Gasteiger partial charge in [-0.3, -0.25) is 4.79 Å². The lowest BCUT2D eigenvalue weighted by Crippen LogP contribution is -2.42. The quantitative estimate of drug-likeness (QED) is 0.706. The molecule has 1 aromatic heterocycles. The van der Waals surface area contributed by atoms with Gasteiger partial charge >= 0.3 is 5.97 Å². The lowest BCUT2D eigenvalue weighted by atomic mass is 10.0. The third-order valence-electron chi connectivity index (χ3n) is 4.80. The predicted molar refractivity (Wildman–Crippen MR) is 94.3 cm³/mol. The number of carboxylic acids is 1. The topological polar surface area (TPSA) is 91.4 Å². The molecule has 26 heavy (non-hydrogen) atoms. The third-order valence-corrected chi connectivity index (χ3v) is 4.80. The average Bonchev–Trinajstić information content (AvgIpc) is 3.18. The molecular weight excluding hydrogens is 339 g/mol. The van der Waals surface area contributed by atoms with E-state index in [9.17, 15) is 19.1 Å². The van der Waals surface area contributed by atoms with Crippen LogP contribution in [0.15, 0.2) is 24.4 Å². The van der Waals surface area contributed by atoms with Gasteiger partial charge in [-0.05, 0) is 49.9 Å². The third kappa shape index (κ3) is 4.40. The van der Waals surface area contributed by atoms with Crippen molar-refractivity contribution < 1.29 is 23.8 Å². The Bertz CT molecular complexity index is 804. The number of carboxylic acid groups (broad SMARTS) is 1. The Morgan fingerprint density at radius 2 is 2.23 bits per heavy atom. The molecule has 1 saturated heterocycles. The molecule has 3 unspecified atom stereocenters. The molecule has 1 fully saturated rings. The predicted octanol–water partition coefficient (Wildman–Crippen LogP) is 2.77. The fourth-order valence-corrected chi connectivity index (χ4v) is 3.40. The van der Waals surface area contributed by atoms with Gasteiger partial charge in [-0.15, -0.1) is 0 Å². The van der Waals surface area contributed by atoms with Crippen LogP contribution in [0.25, 0.3) is 10.9 Å². The molecule has 2 aromatic rings. The number of carbonyl (C=O) groups is 2. The molecule has 2 heterocycles. The second-order valence-electron chi connectivity index (χ2n) is 6.85. The molecule has 7 heteroatoms.